The Morgan fingerprint density at radius 1 is 0.970 bits per heavy atom. The number of primary amides is 1. The van der Waals surface area contributed by atoms with Crippen LogP contribution in [0.4, 0.5) is 11.4 Å². The van der Waals surface area contributed by atoms with Crippen LogP contribution in [0.3, 0.4) is 0 Å². The summed E-state index contributed by atoms with van der Waals surface area (Å²) in [4.78, 5) is 23.2. The Morgan fingerprint density at radius 3 is 2.33 bits per heavy atom. The van der Waals surface area contributed by atoms with E-state index in [0.29, 0.717) is 17.2 Å². The molecule has 3 rings (SSSR count). The number of benzene rings is 3. The summed E-state index contributed by atoms with van der Waals surface area (Å²) in [5.41, 5.74) is 8.69. The average Bonchev–Trinajstić information content (AvgIpc) is 2.83. The predicted molar refractivity (Wildman–Crippen MR) is 130 cm³/mol. The Kier molecular flexibility index (Phi) is 8.07. The predicted octanol–water partition coefficient (Wildman–Crippen LogP) is 4.38. The van der Waals surface area contributed by atoms with Crippen LogP contribution in [0, 0.1) is 0 Å². The molecule has 4 N–H and O–H groups in total. The fourth-order valence-electron chi connectivity index (χ4n) is 3.14. The lowest BCUT2D eigenvalue weighted by molar-refractivity contribution is -0.120. The number of anilines is 2. The summed E-state index contributed by atoms with van der Waals surface area (Å²) in [5.74, 6) is -0.00610. The van der Waals surface area contributed by atoms with Crippen molar-refractivity contribution in [1.29, 1.82) is 0 Å². The van der Waals surface area contributed by atoms with Crippen LogP contribution >= 0.6 is 0 Å². The number of carbonyl (C=O) groups excluding carboxylic acids is 2. The quantitative estimate of drug-likeness (QED) is 0.402. The fourth-order valence-corrected chi connectivity index (χ4v) is 3.14. The van der Waals surface area contributed by atoms with Crippen LogP contribution in [0.2, 0.25) is 0 Å². The van der Waals surface area contributed by atoms with E-state index in [2.05, 4.69) is 29.7 Å². The summed E-state index contributed by atoms with van der Waals surface area (Å²) >= 11 is 0. The number of carbonyl (C=O) groups is 2. The maximum atomic E-state index is 12.3. The molecule has 0 radical (unpaired) electrons. The van der Waals surface area contributed by atoms with Crippen LogP contribution in [0.15, 0.2) is 78.9 Å². The van der Waals surface area contributed by atoms with Crippen molar-refractivity contribution < 1.29 is 19.1 Å². The lowest BCUT2D eigenvalue weighted by atomic mass is 10.1. The van der Waals surface area contributed by atoms with Gasteiger partial charge in [0.25, 0.3) is 5.91 Å². The molecule has 0 spiro atoms. The summed E-state index contributed by atoms with van der Waals surface area (Å²) in [6, 6.07) is 23.0. The second kappa shape index (κ2) is 11.4. The molecule has 0 aromatic heterocycles. The molecule has 1 unspecified atom stereocenters. The second-order valence-electron chi connectivity index (χ2n) is 7.34. The normalized spacial score (nSPS) is 11.6. The molecule has 170 valence electrons. The minimum Gasteiger partial charge on any atom is -0.493 e. The maximum absolute atomic E-state index is 12.3. The van der Waals surface area contributed by atoms with Crippen LogP contribution in [0.5, 0.6) is 11.5 Å². The molecule has 0 saturated heterocycles. The highest BCUT2D eigenvalue weighted by atomic mass is 16.5. The van der Waals surface area contributed by atoms with Gasteiger partial charge < -0.3 is 25.8 Å². The zero-order valence-corrected chi connectivity index (χ0v) is 18.6. The molecule has 0 aliphatic heterocycles. The molecule has 3 aromatic carbocycles. The van der Waals surface area contributed by atoms with Gasteiger partial charge in [0.15, 0.2) is 18.1 Å². The van der Waals surface area contributed by atoms with E-state index in [9.17, 15) is 9.59 Å². The van der Waals surface area contributed by atoms with Gasteiger partial charge >= 0.3 is 0 Å². The van der Waals surface area contributed by atoms with Gasteiger partial charge in [-0.15, -0.1) is 0 Å². The van der Waals surface area contributed by atoms with E-state index in [0.717, 1.165) is 11.3 Å². The highest BCUT2D eigenvalue weighted by Crippen LogP contribution is 2.28. The second-order valence-corrected chi connectivity index (χ2v) is 7.34. The smallest absolute Gasteiger partial charge is 0.255 e. The van der Waals surface area contributed by atoms with Gasteiger partial charge in [-0.05, 0) is 60.5 Å². The van der Waals surface area contributed by atoms with Crippen LogP contribution in [0.1, 0.15) is 24.1 Å². The first-order chi connectivity index (χ1) is 15.9. The summed E-state index contributed by atoms with van der Waals surface area (Å²) < 4.78 is 10.6. The Labute approximate surface area is 193 Å². The molecule has 0 aliphatic rings. The third-order valence-corrected chi connectivity index (χ3v) is 4.82. The summed E-state index contributed by atoms with van der Waals surface area (Å²) in [6.45, 7) is 1.86. The number of hydrogen-bond acceptors (Lipinski definition) is 5. The molecule has 7 nitrogen and oxygen atoms in total. The lowest BCUT2D eigenvalue weighted by Gasteiger charge is -2.16. The van der Waals surface area contributed by atoms with Gasteiger partial charge in [0.05, 0.1) is 7.11 Å². The third-order valence-electron chi connectivity index (χ3n) is 4.82. The van der Waals surface area contributed by atoms with Gasteiger partial charge in [-0.1, -0.05) is 36.4 Å². The van der Waals surface area contributed by atoms with Crippen molar-refractivity contribution >= 4 is 29.3 Å². The molecule has 0 bridgehead atoms. The summed E-state index contributed by atoms with van der Waals surface area (Å²) in [5, 5.41) is 6.28. The van der Waals surface area contributed by atoms with E-state index in [1.807, 2.05) is 42.5 Å². The van der Waals surface area contributed by atoms with Gasteiger partial charge in [-0.3, -0.25) is 9.59 Å². The number of methoxy groups -OCH3 is 1. The molecule has 0 heterocycles. The Balaban J connectivity index is 1.56. The van der Waals surface area contributed by atoms with E-state index in [1.54, 1.807) is 24.3 Å². The SMILES string of the molecule is COc1cc(/C=C/C(=O)Nc2ccc(NC(C)c3ccccc3)cc2)ccc1OCC(N)=O. The van der Waals surface area contributed by atoms with Crippen LogP contribution in [-0.4, -0.2) is 25.5 Å². The van der Waals surface area contributed by atoms with E-state index in [4.69, 9.17) is 15.2 Å². The molecular weight excluding hydrogens is 418 g/mol. The van der Waals surface area contributed by atoms with E-state index >= 15 is 0 Å². The number of rotatable bonds is 10. The molecular formula is C26H27N3O4. The Bertz CT molecular complexity index is 1110. The third kappa shape index (κ3) is 7.14. The van der Waals surface area contributed by atoms with Crippen molar-refractivity contribution in [2.24, 2.45) is 5.73 Å². The lowest BCUT2D eigenvalue weighted by Crippen LogP contribution is -2.20. The van der Waals surface area contributed by atoms with Crippen molar-refractivity contribution in [3.05, 3.63) is 90.0 Å². The number of hydrogen-bond donors (Lipinski definition) is 3. The Morgan fingerprint density at radius 2 is 1.67 bits per heavy atom. The van der Waals surface area contributed by atoms with E-state index in [1.165, 1.54) is 18.7 Å². The highest BCUT2D eigenvalue weighted by Gasteiger charge is 2.07. The highest BCUT2D eigenvalue weighted by molar-refractivity contribution is 6.02. The zero-order chi connectivity index (χ0) is 23.6. The van der Waals surface area contributed by atoms with Crippen molar-refractivity contribution in [2.75, 3.05) is 24.4 Å². The van der Waals surface area contributed by atoms with Gasteiger partial charge in [0, 0.05) is 23.5 Å². The first-order valence-corrected chi connectivity index (χ1v) is 10.4. The first-order valence-electron chi connectivity index (χ1n) is 10.4. The fraction of sp³-hybridized carbons (Fsp3) is 0.154. The maximum Gasteiger partial charge on any atom is 0.255 e. The minimum absolute atomic E-state index is 0.166. The van der Waals surface area contributed by atoms with Crippen LogP contribution in [-0.2, 0) is 9.59 Å². The topological polar surface area (TPSA) is 103 Å². The molecule has 0 fully saturated rings. The largest absolute Gasteiger partial charge is 0.493 e. The molecule has 3 aromatic rings. The van der Waals surface area contributed by atoms with E-state index in [-0.39, 0.29) is 18.6 Å². The van der Waals surface area contributed by atoms with Crippen LogP contribution in [0.25, 0.3) is 6.08 Å². The van der Waals surface area contributed by atoms with Gasteiger partial charge in [-0.25, -0.2) is 0 Å². The number of ether oxygens (including phenoxy) is 2. The minimum atomic E-state index is -0.577. The first kappa shape index (κ1) is 23.4. The number of nitrogens with two attached hydrogens (primary N) is 1. The molecule has 0 saturated carbocycles. The molecule has 0 aliphatic carbocycles. The molecule has 7 heteroatoms. The summed E-state index contributed by atoms with van der Waals surface area (Å²) in [6.07, 6.45) is 3.09. The van der Waals surface area contributed by atoms with Crippen molar-refractivity contribution in [1.82, 2.24) is 0 Å². The van der Waals surface area contributed by atoms with Crippen molar-refractivity contribution in [3.8, 4) is 11.5 Å². The van der Waals surface area contributed by atoms with Gasteiger partial charge in [0.1, 0.15) is 0 Å². The number of nitrogens with one attached hydrogen (secondary N) is 2. The molecule has 1 atom stereocenters. The van der Waals surface area contributed by atoms with Crippen molar-refractivity contribution in [3.63, 3.8) is 0 Å². The number of amides is 2. The van der Waals surface area contributed by atoms with E-state index < -0.39 is 5.91 Å². The van der Waals surface area contributed by atoms with Crippen molar-refractivity contribution in [2.45, 2.75) is 13.0 Å². The summed E-state index contributed by atoms with van der Waals surface area (Å²) in [7, 11) is 1.49. The Hall–Kier alpha value is -4.26. The zero-order valence-electron chi connectivity index (χ0n) is 18.6. The molecule has 33 heavy (non-hydrogen) atoms. The molecule has 2 amide bonds. The standard InChI is InChI=1S/C26H27N3O4/c1-18(20-6-4-3-5-7-20)28-21-10-12-22(13-11-21)29-26(31)15-9-19-8-14-23(24(16-19)32-2)33-17-25(27)30/h3-16,18,28H,17H2,1-2H3,(H2,27,30)(H,29,31)/b15-9+. The van der Waals surface area contributed by atoms with Gasteiger partial charge in [-0.2, -0.15) is 0 Å². The average molecular weight is 446 g/mol. The monoisotopic (exact) mass is 445 g/mol. The van der Waals surface area contributed by atoms with Gasteiger partial charge in [0.2, 0.25) is 5.91 Å². The van der Waals surface area contributed by atoms with Crippen LogP contribution < -0.4 is 25.8 Å².